The first-order valence-electron chi connectivity index (χ1n) is 9.68. The van der Waals surface area contributed by atoms with Crippen LogP contribution in [0.5, 0.6) is 5.75 Å². The van der Waals surface area contributed by atoms with Crippen molar-refractivity contribution in [2.45, 2.75) is 6.04 Å². The molecule has 31 heavy (non-hydrogen) atoms. The predicted octanol–water partition coefficient (Wildman–Crippen LogP) is 3.48. The molecule has 1 N–H and O–H groups in total. The molecule has 0 radical (unpaired) electrons. The zero-order valence-electron chi connectivity index (χ0n) is 17.9. The van der Waals surface area contributed by atoms with E-state index in [1.54, 1.807) is 12.1 Å². The summed E-state index contributed by atoms with van der Waals surface area (Å²) in [7, 11) is 6.85. The molecular weight excluding hydrogens is 420 g/mol. The summed E-state index contributed by atoms with van der Waals surface area (Å²) in [5.74, 6) is -1.34. The van der Waals surface area contributed by atoms with Gasteiger partial charge in [0.2, 0.25) is 0 Å². The van der Waals surface area contributed by atoms with Crippen LogP contribution >= 0.6 is 11.6 Å². The number of benzene rings is 2. The van der Waals surface area contributed by atoms with Gasteiger partial charge < -0.3 is 24.4 Å². The van der Waals surface area contributed by atoms with E-state index in [-0.39, 0.29) is 35.1 Å². The molecule has 1 aliphatic heterocycles. The first-order valence-corrected chi connectivity index (χ1v) is 10.1. The van der Waals surface area contributed by atoms with E-state index in [0.717, 1.165) is 5.69 Å². The van der Waals surface area contributed by atoms with Crippen LogP contribution in [0.15, 0.2) is 48.0 Å². The molecule has 3 rings (SSSR count). The lowest BCUT2D eigenvalue weighted by molar-refractivity contribution is -0.140. The third-order valence-electron chi connectivity index (χ3n) is 5.23. The molecule has 0 saturated carbocycles. The molecule has 1 saturated heterocycles. The number of hydrogen-bond acceptors (Lipinski definition) is 6. The van der Waals surface area contributed by atoms with Crippen LogP contribution < -0.4 is 9.64 Å². The summed E-state index contributed by atoms with van der Waals surface area (Å²) >= 11 is 6.29. The fourth-order valence-electron chi connectivity index (χ4n) is 3.56. The first kappa shape index (κ1) is 22.7. The minimum Gasteiger partial charge on any atom is -0.507 e. The summed E-state index contributed by atoms with van der Waals surface area (Å²) in [5, 5.41) is 11.4. The molecule has 0 aromatic heterocycles. The highest BCUT2D eigenvalue weighted by Gasteiger charge is 2.46. The molecule has 1 fully saturated rings. The Kier molecular flexibility index (Phi) is 6.87. The Morgan fingerprint density at radius 1 is 1.13 bits per heavy atom. The van der Waals surface area contributed by atoms with Crippen LogP contribution in [0.25, 0.3) is 5.76 Å². The first-order chi connectivity index (χ1) is 14.8. The van der Waals surface area contributed by atoms with E-state index in [1.807, 2.05) is 43.3 Å². The van der Waals surface area contributed by atoms with Crippen molar-refractivity contribution in [3.8, 4) is 5.75 Å². The fourth-order valence-corrected chi connectivity index (χ4v) is 3.77. The quantitative estimate of drug-likeness (QED) is 0.400. The van der Waals surface area contributed by atoms with E-state index in [1.165, 1.54) is 25.2 Å². The van der Waals surface area contributed by atoms with Gasteiger partial charge in [-0.3, -0.25) is 9.59 Å². The van der Waals surface area contributed by atoms with Crippen molar-refractivity contribution in [2.24, 2.45) is 0 Å². The third-order valence-corrected chi connectivity index (χ3v) is 5.56. The monoisotopic (exact) mass is 444 g/mol. The topological polar surface area (TPSA) is 79.3 Å². The standard InChI is InChI=1S/C23H25ClN2O5/c1-25(2)15-7-5-14(6-8-15)20-19(22(28)23(29)26(20)11-12-30-3)21(27)17-13-16(31-4)9-10-18(17)24/h5-10,13,20,27H,11-12H2,1-4H3/b21-19+. The molecule has 0 spiro atoms. The van der Waals surface area contributed by atoms with Gasteiger partial charge in [0.05, 0.1) is 30.4 Å². The molecule has 2 aromatic carbocycles. The number of anilines is 1. The number of likely N-dealkylation sites (tertiary alicyclic amines) is 1. The Morgan fingerprint density at radius 3 is 2.39 bits per heavy atom. The second kappa shape index (κ2) is 9.41. The number of rotatable bonds is 7. The van der Waals surface area contributed by atoms with Crippen LogP contribution in [0.4, 0.5) is 5.69 Å². The number of Topliss-reactive ketones (excluding diaryl/α,β-unsaturated/α-hetero) is 1. The average molecular weight is 445 g/mol. The van der Waals surface area contributed by atoms with Crippen LogP contribution in [-0.4, -0.2) is 63.2 Å². The molecule has 0 aliphatic carbocycles. The molecule has 8 heteroatoms. The highest BCUT2D eigenvalue weighted by Crippen LogP contribution is 2.41. The zero-order valence-corrected chi connectivity index (χ0v) is 18.6. The van der Waals surface area contributed by atoms with Crippen LogP contribution in [0, 0.1) is 0 Å². The fraction of sp³-hybridized carbons (Fsp3) is 0.304. The molecule has 1 atom stereocenters. The van der Waals surface area contributed by atoms with Gasteiger partial charge in [-0.2, -0.15) is 0 Å². The third kappa shape index (κ3) is 4.38. The number of aliphatic hydroxyl groups excluding tert-OH is 1. The Hall–Kier alpha value is -3.03. The van der Waals surface area contributed by atoms with Crippen molar-refractivity contribution in [3.63, 3.8) is 0 Å². The molecule has 1 aliphatic rings. The predicted molar refractivity (Wildman–Crippen MR) is 120 cm³/mol. The number of aliphatic hydroxyl groups is 1. The van der Waals surface area contributed by atoms with Crippen molar-refractivity contribution in [1.82, 2.24) is 4.90 Å². The van der Waals surface area contributed by atoms with Crippen molar-refractivity contribution in [3.05, 3.63) is 64.2 Å². The Labute approximate surface area is 186 Å². The van der Waals surface area contributed by atoms with E-state index in [2.05, 4.69) is 0 Å². The maximum atomic E-state index is 13.0. The molecule has 1 unspecified atom stereocenters. The SMILES string of the molecule is COCCN1C(=O)C(=O)/C(=C(/O)c2cc(OC)ccc2Cl)C1c1ccc(N(C)C)cc1. The highest BCUT2D eigenvalue weighted by atomic mass is 35.5. The number of nitrogens with zero attached hydrogens (tertiary/aromatic N) is 2. The zero-order chi connectivity index (χ0) is 22.7. The summed E-state index contributed by atoms with van der Waals surface area (Å²) in [4.78, 5) is 29.2. The lowest BCUT2D eigenvalue weighted by atomic mass is 9.95. The summed E-state index contributed by atoms with van der Waals surface area (Å²) in [6, 6.07) is 11.4. The summed E-state index contributed by atoms with van der Waals surface area (Å²) in [6.45, 7) is 0.447. The van der Waals surface area contributed by atoms with Gasteiger partial charge in [0.25, 0.3) is 11.7 Å². The normalized spacial score (nSPS) is 17.8. The molecule has 7 nitrogen and oxygen atoms in total. The van der Waals surface area contributed by atoms with Gasteiger partial charge >= 0.3 is 0 Å². The van der Waals surface area contributed by atoms with Gasteiger partial charge in [0.15, 0.2) is 0 Å². The second-order valence-electron chi connectivity index (χ2n) is 7.32. The van der Waals surface area contributed by atoms with Crippen molar-refractivity contribution >= 4 is 34.7 Å². The maximum absolute atomic E-state index is 13.0. The van der Waals surface area contributed by atoms with Gasteiger partial charge in [-0.1, -0.05) is 23.7 Å². The molecule has 1 amide bonds. The average Bonchev–Trinajstić information content (AvgIpc) is 3.02. The Bertz CT molecular complexity index is 1020. The van der Waals surface area contributed by atoms with Gasteiger partial charge in [-0.15, -0.1) is 0 Å². The van der Waals surface area contributed by atoms with Crippen molar-refractivity contribution in [1.29, 1.82) is 0 Å². The molecule has 0 bridgehead atoms. The maximum Gasteiger partial charge on any atom is 0.295 e. The summed E-state index contributed by atoms with van der Waals surface area (Å²) in [6.07, 6.45) is 0. The van der Waals surface area contributed by atoms with Crippen LogP contribution in [-0.2, 0) is 14.3 Å². The van der Waals surface area contributed by atoms with Gasteiger partial charge in [-0.25, -0.2) is 0 Å². The smallest absolute Gasteiger partial charge is 0.295 e. The minimum absolute atomic E-state index is 0.0196. The largest absolute Gasteiger partial charge is 0.507 e. The van der Waals surface area contributed by atoms with Gasteiger partial charge in [0, 0.05) is 39.0 Å². The van der Waals surface area contributed by atoms with E-state index in [0.29, 0.717) is 11.3 Å². The Balaban J connectivity index is 2.18. The number of halogens is 1. The van der Waals surface area contributed by atoms with Crippen LogP contribution in [0.3, 0.4) is 0 Å². The van der Waals surface area contributed by atoms with Gasteiger partial charge in [0.1, 0.15) is 11.5 Å². The number of carbonyl (C=O) groups excluding carboxylic acids is 2. The number of amides is 1. The highest BCUT2D eigenvalue weighted by molar-refractivity contribution is 6.47. The van der Waals surface area contributed by atoms with Crippen LogP contribution in [0.1, 0.15) is 17.2 Å². The number of hydrogen-bond donors (Lipinski definition) is 1. The summed E-state index contributed by atoms with van der Waals surface area (Å²) < 4.78 is 10.3. The number of methoxy groups -OCH3 is 2. The van der Waals surface area contributed by atoms with Crippen LogP contribution in [0.2, 0.25) is 5.02 Å². The molecular formula is C23H25ClN2O5. The number of ether oxygens (including phenoxy) is 2. The molecule has 1 heterocycles. The van der Waals surface area contributed by atoms with E-state index < -0.39 is 17.7 Å². The van der Waals surface area contributed by atoms with E-state index in [9.17, 15) is 14.7 Å². The van der Waals surface area contributed by atoms with Crippen molar-refractivity contribution in [2.75, 3.05) is 46.4 Å². The lowest BCUT2D eigenvalue weighted by Crippen LogP contribution is -2.32. The number of ketones is 1. The van der Waals surface area contributed by atoms with E-state index in [4.69, 9.17) is 21.1 Å². The van der Waals surface area contributed by atoms with Crippen molar-refractivity contribution < 1.29 is 24.2 Å². The summed E-state index contributed by atoms with van der Waals surface area (Å²) in [5.41, 5.74) is 1.87. The van der Waals surface area contributed by atoms with E-state index >= 15 is 0 Å². The minimum atomic E-state index is -0.770. The Morgan fingerprint density at radius 2 is 1.81 bits per heavy atom. The second-order valence-corrected chi connectivity index (χ2v) is 7.72. The number of carbonyl (C=O) groups is 2. The molecule has 164 valence electrons. The lowest BCUT2D eigenvalue weighted by Gasteiger charge is -2.25. The van der Waals surface area contributed by atoms with Gasteiger partial charge in [-0.05, 0) is 35.9 Å². The molecule has 2 aromatic rings.